The molecule has 0 aromatic carbocycles. The Morgan fingerprint density at radius 2 is 2.18 bits per heavy atom. The van der Waals surface area contributed by atoms with Crippen LogP contribution in [0.2, 0.25) is 0 Å². The van der Waals surface area contributed by atoms with E-state index in [1.807, 2.05) is 10.8 Å². The van der Waals surface area contributed by atoms with Gasteiger partial charge in [0.25, 0.3) is 0 Å². The number of aliphatic hydroxyl groups is 1. The van der Waals surface area contributed by atoms with Crippen LogP contribution in [0.3, 0.4) is 0 Å². The number of nitrogens with zero attached hydrogens (tertiary/aromatic N) is 3. The third kappa shape index (κ3) is 2.92. The van der Waals surface area contributed by atoms with Crippen LogP contribution in [-0.4, -0.2) is 19.6 Å². The standard InChI is InChI=1S/C12H17N3OS/c1-12(2,3)10-7-17-11(14-10)5-15-4-9(6-16)13-8-15/h4,7-8,16H,5-6H2,1-3H3. The molecule has 0 amide bonds. The van der Waals surface area contributed by atoms with Crippen LogP contribution < -0.4 is 0 Å². The van der Waals surface area contributed by atoms with E-state index in [9.17, 15) is 0 Å². The fourth-order valence-corrected chi connectivity index (χ4v) is 2.49. The molecule has 0 unspecified atom stereocenters. The van der Waals surface area contributed by atoms with Crippen LogP contribution in [0.1, 0.15) is 37.2 Å². The second kappa shape index (κ2) is 4.58. The van der Waals surface area contributed by atoms with E-state index in [1.54, 1.807) is 17.7 Å². The number of hydrogen-bond donors (Lipinski definition) is 1. The lowest BCUT2D eigenvalue weighted by molar-refractivity contribution is 0.277. The van der Waals surface area contributed by atoms with Gasteiger partial charge in [-0.15, -0.1) is 11.3 Å². The van der Waals surface area contributed by atoms with E-state index < -0.39 is 0 Å². The molecule has 92 valence electrons. The quantitative estimate of drug-likeness (QED) is 0.909. The van der Waals surface area contributed by atoms with Crippen molar-refractivity contribution in [3.63, 3.8) is 0 Å². The summed E-state index contributed by atoms with van der Waals surface area (Å²) in [5, 5.41) is 12.1. The van der Waals surface area contributed by atoms with E-state index in [0.717, 1.165) is 10.7 Å². The number of rotatable bonds is 3. The smallest absolute Gasteiger partial charge is 0.113 e. The van der Waals surface area contributed by atoms with Gasteiger partial charge < -0.3 is 9.67 Å². The molecule has 0 atom stereocenters. The molecule has 4 nitrogen and oxygen atoms in total. The van der Waals surface area contributed by atoms with Crippen LogP contribution in [0.15, 0.2) is 17.9 Å². The summed E-state index contributed by atoms with van der Waals surface area (Å²) in [5.74, 6) is 0. The molecule has 0 aliphatic carbocycles. The van der Waals surface area contributed by atoms with E-state index in [4.69, 9.17) is 5.11 Å². The second-order valence-corrected chi connectivity index (χ2v) is 6.01. The summed E-state index contributed by atoms with van der Waals surface area (Å²) in [7, 11) is 0. The Morgan fingerprint density at radius 3 is 2.71 bits per heavy atom. The van der Waals surface area contributed by atoms with Crippen LogP contribution >= 0.6 is 11.3 Å². The SMILES string of the molecule is CC(C)(C)c1csc(Cn2cnc(CO)c2)n1. The van der Waals surface area contributed by atoms with Crippen LogP contribution in [-0.2, 0) is 18.6 Å². The molecular weight excluding hydrogens is 234 g/mol. The molecule has 2 aromatic rings. The Bertz CT molecular complexity index is 496. The van der Waals surface area contributed by atoms with Crippen molar-refractivity contribution in [2.75, 3.05) is 0 Å². The molecule has 5 heteroatoms. The van der Waals surface area contributed by atoms with E-state index >= 15 is 0 Å². The van der Waals surface area contributed by atoms with Crippen molar-refractivity contribution in [1.82, 2.24) is 14.5 Å². The van der Waals surface area contributed by atoms with Gasteiger partial charge in [-0.3, -0.25) is 0 Å². The Kier molecular flexibility index (Phi) is 3.31. The van der Waals surface area contributed by atoms with Crippen molar-refractivity contribution in [2.24, 2.45) is 0 Å². The number of hydrogen-bond acceptors (Lipinski definition) is 4. The maximum Gasteiger partial charge on any atom is 0.113 e. The molecule has 2 rings (SSSR count). The summed E-state index contributed by atoms with van der Waals surface area (Å²) in [6, 6.07) is 0. The van der Waals surface area contributed by atoms with Gasteiger partial charge in [0.2, 0.25) is 0 Å². The minimum atomic E-state index is -0.0158. The van der Waals surface area contributed by atoms with Crippen LogP contribution in [0, 0.1) is 0 Å². The molecule has 17 heavy (non-hydrogen) atoms. The summed E-state index contributed by atoms with van der Waals surface area (Å²) in [6.07, 6.45) is 3.57. The van der Waals surface area contributed by atoms with Gasteiger partial charge in [0.05, 0.1) is 30.9 Å². The van der Waals surface area contributed by atoms with Gasteiger partial charge in [-0.2, -0.15) is 0 Å². The molecule has 0 saturated carbocycles. The van der Waals surface area contributed by atoms with Gasteiger partial charge in [0.1, 0.15) is 5.01 Å². The van der Waals surface area contributed by atoms with E-state index in [-0.39, 0.29) is 12.0 Å². The highest BCUT2D eigenvalue weighted by Gasteiger charge is 2.17. The Balaban J connectivity index is 2.11. The average Bonchev–Trinajstić information content (AvgIpc) is 2.86. The summed E-state index contributed by atoms with van der Waals surface area (Å²) in [6.45, 7) is 7.18. The van der Waals surface area contributed by atoms with E-state index in [0.29, 0.717) is 12.2 Å². The fourth-order valence-electron chi connectivity index (χ4n) is 1.46. The average molecular weight is 251 g/mol. The molecule has 0 spiro atoms. The number of thiazole rings is 1. The van der Waals surface area contributed by atoms with Gasteiger partial charge in [-0.25, -0.2) is 9.97 Å². The Morgan fingerprint density at radius 1 is 1.41 bits per heavy atom. The molecule has 0 aliphatic rings. The Labute approximate surface area is 105 Å². The van der Waals surface area contributed by atoms with E-state index in [1.165, 1.54) is 0 Å². The van der Waals surface area contributed by atoms with Crippen LogP contribution in [0.4, 0.5) is 0 Å². The predicted molar refractivity (Wildman–Crippen MR) is 68.1 cm³/mol. The Hall–Kier alpha value is -1.20. The monoisotopic (exact) mass is 251 g/mol. The predicted octanol–water partition coefficient (Wildman–Crippen LogP) is 2.18. The van der Waals surface area contributed by atoms with Gasteiger partial charge in [-0.05, 0) is 0 Å². The topological polar surface area (TPSA) is 50.9 Å². The third-order valence-corrected chi connectivity index (χ3v) is 3.32. The minimum Gasteiger partial charge on any atom is -0.390 e. The first-order valence-electron chi connectivity index (χ1n) is 5.55. The number of aliphatic hydroxyl groups excluding tert-OH is 1. The van der Waals surface area contributed by atoms with Gasteiger partial charge in [0, 0.05) is 17.0 Å². The summed E-state index contributed by atoms with van der Waals surface area (Å²) >= 11 is 1.67. The zero-order valence-corrected chi connectivity index (χ0v) is 11.2. The first-order chi connectivity index (χ1) is 7.99. The van der Waals surface area contributed by atoms with Gasteiger partial charge >= 0.3 is 0 Å². The highest BCUT2D eigenvalue weighted by atomic mass is 32.1. The third-order valence-electron chi connectivity index (χ3n) is 2.49. The zero-order chi connectivity index (χ0) is 12.5. The fraction of sp³-hybridized carbons (Fsp3) is 0.500. The lowest BCUT2D eigenvalue weighted by Gasteiger charge is -2.14. The summed E-state index contributed by atoms with van der Waals surface area (Å²) < 4.78 is 1.94. The summed E-state index contributed by atoms with van der Waals surface area (Å²) in [5.41, 5.74) is 1.91. The molecule has 0 radical (unpaired) electrons. The molecule has 0 fully saturated rings. The zero-order valence-electron chi connectivity index (χ0n) is 10.3. The highest BCUT2D eigenvalue weighted by molar-refractivity contribution is 7.09. The molecule has 0 bridgehead atoms. The second-order valence-electron chi connectivity index (χ2n) is 5.07. The van der Waals surface area contributed by atoms with Crippen LogP contribution in [0.5, 0.6) is 0 Å². The molecule has 0 aliphatic heterocycles. The molecular formula is C12H17N3OS. The minimum absolute atomic E-state index is 0.0158. The molecule has 2 heterocycles. The lowest BCUT2D eigenvalue weighted by Crippen LogP contribution is -2.11. The van der Waals surface area contributed by atoms with Gasteiger partial charge in [-0.1, -0.05) is 20.8 Å². The van der Waals surface area contributed by atoms with Crippen molar-refractivity contribution in [1.29, 1.82) is 0 Å². The summed E-state index contributed by atoms with van der Waals surface area (Å²) in [4.78, 5) is 8.70. The maximum atomic E-state index is 8.94. The van der Waals surface area contributed by atoms with Crippen LogP contribution in [0.25, 0.3) is 0 Å². The number of aromatic nitrogens is 3. The highest BCUT2D eigenvalue weighted by Crippen LogP contribution is 2.24. The van der Waals surface area contributed by atoms with Crippen molar-refractivity contribution < 1.29 is 5.11 Å². The molecule has 0 saturated heterocycles. The molecule has 2 aromatic heterocycles. The van der Waals surface area contributed by atoms with Gasteiger partial charge in [0.15, 0.2) is 0 Å². The lowest BCUT2D eigenvalue weighted by atomic mass is 9.93. The normalized spacial score (nSPS) is 12.0. The van der Waals surface area contributed by atoms with Crippen molar-refractivity contribution in [3.8, 4) is 0 Å². The molecule has 1 N–H and O–H groups in total. The van der Waals surface area contributed by atoms with Crippen molar-refractivity contribution in [3.05, 3.63) is 34.3 Å². The van der Waals surface area contributed by atoms with Crippen molar-refractivity contribution >= 4 is 11.3 Å². The first kappa shape index (κ1) is 12.3. The maximum absolute atomic E-state index is 8.94. The largest absolute Gasteiger partial charge is 0.390 e. The first-order valence-corrected chi connectivity index (χ1v) is 6.43. The van der Waals surface area contributed by atoms with Crippen molar-refractivity contribution in [2.45, 2.75) is 39.3 Å². The number of imidazole rings is 1. The van der Waals surface area contributed by atoms with E-state index in [2.05, 4.69) is 36.1 Å².